The van der Waals surface area contributed by atoms with Crippen molar-refractivity contribution in [2.24, 2.45) is 5.92 Å². The Morgan fingerprint density at radius 2 is 2.04 bits per heavy atom. The van der Waals surface area contributed by atoms with Crippen molar-refractivity contribution in [2.45, 2.75) is 55.6 Å². The van der Waals surface area contributed by atoms with Gasteiger partial charge in [0, 0.05) is 18.7 Å². The highest BCUT2D eigenvalue weighted by molar-refractivity contribution is 8.01. The van der Waals surface area contributed by atoms with Crippen LogP contribution in [0.15, 0.2) is 10.4 Å². The highest BCUT2D eigenvalue weighted by atomic mass is 32.2. The van der Waals surface area contributed by atoms with E-state index in [0.29, 0.717) is 12.3 Å². The summed E-state index contributed by atoms with van der Waals surface area (Å²) in [6, 6.07) is 0. The summed E-state index contributed by atoms with van der Waals surface area (Å²) in [5.41, 5.74) is 0. The molecular weight excluding hydrogens is 326 g/mol. The summed E-state index contributed by atoms with van der Waals surface area (Å²) in [6.07, 6.45) is 11.6. The molecule has 0 atom stereocenters. The Bertz CT molecular complexity index is 494. The van der Waals surface area contributed by atoms with Crippen molar-refractivity contribution in [1.82, 2.24) is 9.88 Å². The lowest BCUT2D eigenvalue weighted by Crippen LogP contribution is -2.21. The van der Waals surface area contributed by atoms with Crippen LogP contribution >= 0.6 is 23.1 Å². The molecule has 2 fully saturated rings. The van der Waals surface area contributed by atoms with Crippen LogP contribution in [0.5, 0.6) is 0 Å². The fourth-order valence-electron chi connectivity index (χ4n) is 3.49. The molecule has 4 nitrogen and oxygen atoms in total. The minimum Gasteiger partial charge on any atom is -0.303 e. The van der Waals surface area contributed by atoms with Crippen molar-refractivity contribution in [3.63, 3.8) is 0 Å². The quantitative estimate of drug-likeness (QED) is 0.745. The Labute approximate surface area is 147 Å². The van der Waals surface area contributed by atoms with Gasteiger partial charge in [-0.3, -0.25) is 4.79 Å². The van der Waals surface area contributed by atoms with Crippen molar-refractivity contribution < 1.29 is 4.79 Å². The smallest absolute Gasteiger partial charge is 0.226 e. The van der Waals surface area contributed by atoms with Gasteiger partial charge in [0.1, 0.15) is 0 Å². The molecule has 1 aromatic heterocycles. The first-order chi connectivity index (χ1) is 11.3. The highest BCUT2D eigenvalue weighted by Crippen LogP contribution is 2.30. The Balaban J connectivity index is 1.36. The minimum absolute atomic E-state index is 0.139. The van der Waals surface area contributed by atoms with E-state index in [9.17, 15) is 4.79 Å². The number of amides is 1. The fourth-order valence-corrected chi connectivity index (χ4v) is 5.46. The van der Waals surface area contributed by atoms with Crippen LogP contribution in [0.25, 0.3) is 0 Å². The molecule has 1 aromatic rings. The number of nitrogens with zero attached hydrogens (tertiary/aromatic N) is 2. The third kappa shape index (κ3) is 5.76. The van der Waals surface area contributed by atoms with E-state index in [1.807, 2.05) is 18.0 Å². The maximum absolute atomic E-state index is 12.1. The number of hydrogen-bond acceptors (Lipinski definition) is 5. The topological polar surface area (TPSA) is 45.2 Å². The maximum Gasteiger partial charge on any atom is 0.226 e. The predicted molar refractivity (Wildman–Crippen MR) is 98.3 cm³/mol. The Hall–Kier alpha value is -0.590. The van der Waals surface area contributed by atoms with Crippen LogP contribution in [0.3, 0.4) is 0 Å². The van der Waals surface area contributed by atoms with Crippen LogP contribution in [0.1, 0.15) is 51.4 Å². The van der Waals surface area contributed by atoms with E-state index in [1.54, 1.807) is 11.3 Å². The SMILES string of the molecule is O=C(CC1CCCCC1)Nc1ncc(SCCN2CCCC2)s1. The Morgan fingerprint density at radius 1 is 1.26 bits per heavy atom. The fraction of sp³-hybridized carbons (Fsp3) is 0.765. The molecule has 0 aromatic carbocycles. The lowest BCUT2D eigenvalue weighted by atomic mass is 9.87. The Kier molecular flexibility index (Phi) is 6.78. The van der Waals surface area contributed by atoms with Gasteiger partial charge in [-0.1, -0.05) is 30.6 Å². The number of nitrogens with one attached hydrogen (secondary N) is 1. The number of carbonyl (C=O) groups is 1. The molecule has 1 aliphatic carbocycles. The highest BCUT2D eigenvalue weighted by Gasteiger charge is 2.18. The summed E-state index contributed by atoms with van der Waals surface area (Å²) < 4.78 is 1.21. The van der Waals surface area contributed by atoms with Gasteiger partial charge < -0.3 is 10.2 Å². The molecule has 1 saturated heterocycles. The number of aromatic nitrogens is 1. The van der Waals surface area contributed by atoms with Gasteiger partial charge in [-0.2, -0.15) is 0 Å². The van der Waals surface area contributed by atoms with Crippen LogP contribution in [0.4, 0.5) is 5.13 Å². The van der Waals surface area contributed by atoms with Gasteiger partial charge in [-0.15, -0.1) is 11.8 Å². The number of thiazole rings is 1. The first-order valence-corrected chi connectivity index (χ1v) is 10.7. The molecule has 1 saturated carbocycles. The average molecular weight is 354 g/mol. The van der Waals surface area contributed by atoms with Gasteiger partial charge in [0.05, 0.1) is 10.4 Å². The minimum atomic E-state index is 0.139. The second-order valence-electron chi connectivity index (χ2n) is 6.64. The number of hydrogen-bond donors (Lipinski definition) is 1. The van der Waals surface area contributed by atoms with Gasteiger partial charge in [-0.25, -0.2) is 4.98 Å². The largest absolute Gasteiger partial charge is 0.303 e. The number of anilines is 1. The van der Waals surface area contributed by atoms with Crippen LogP contribution in [0.2, 0.25) is 0 Å². The van der Waals surface area contributed by atoms with E-state index in [2.05, 4.69) is 15.2 Å². The predicted octanol–water partition coefficient (Wildman–Crippen LogP) is 4.24. The first-order valence-electron chi connectivity index (χ1n) is 8.90. The first kappa shape index (κ1) is 17.2. The van der Waals surface area contributed by atoms with E-state index >= 15 is 0 Å². The van der Waals surface area contributed by atoms with Gasteiger partial charge in [0.15, 0.2) is 5.13 Å². The molecule has 3 rings (SSSR count). The summed E-state index contributed by atoms with van der Waals surface area (Å²) in [4.78, 5) is 19.0. The lowest BCUT2D eigenvalue weighted by Gasteiger charge is -2.20. The van der Waals surface area contributed by atoms with E-state index in [-0.39, 0.29) is 5.91 Å². The van der Waals surface area contributed by atoms with Crippen molar-refractivity contribution in [3.05, 3.63) is 6.20 Å². The van der Waals surface area contributed by atoms with Gasteiger partial charge in [-0.05, 0) is 44.7 Å². The molecule has 23 heavy (non-hydrogen) atoms. The van der Waals surface area contributed by atoms with E-state index < -0.39 is 0 Å². The van der Waals surface area contributed by atoms with E-state index in [0.717, 1.165) is 17.4 Å². The third-order valence-electron chi connectivity index (χ3n) is 4.78. The summed E-state index contributed by atoms with van der Waals surface area (Å²) in [5, 5.41) is 3.74. The molecular formula is C17H27N3OS2. The maximum atomic E-state index is 12.1. The second kappa shape index (κ2) is 9.04. The zero-order valence-electron chi connectivity index (χ0n) is 13.8. The number of carbonyl (C=O) groups excluding carboxylic acids is 1. The molecule has 0 spiro atoms. The van der Waals surface area contributed by atoms with Gasteiger partial charge >= 0.3 is 0 Å². The second-order valence-corrected chi connectivity index (χ2v) is 9.06. The molecule has 1 aliphatic heterocycles. The normalized spacial score (nSPS) is 20.0. The number of likely N-dealkylation sites (tertiary alicyclic amines) is 1. The summed E-state index contributed by atoms with van der Waals surface area (Å²) >= 11 is 3.46. The van der Waals surface area contributed by atoms with Crippen molar-refractivity contribution in [3.8, 4) is 0 Å². The molecule has 0 bridgehead atoms. The van der Waals surface area contributed by atoms with Crippen molar-refractivity contribution in [1.29, 1.82) is 0 Å². The van der Waals surface area contributed by atoms with Crippen molar-refractivity contribution in [2.75, 3.05) is 30.7 Å². The third-order valence-corrected chi connectivity index (χ3v) is 6.87. The van der Waals surface area contributed by atoms with Crippen LogP contribution in [-0.4, -0.2) is 41.2 Å². The van der Waals surface area contributed by atoms with E-state index in [4.69, 9.17) is 0 Å². The summed E-state index contributed by atoms with van der Waals surface area (Å²) in [7, 11) is 0. The van der Waals surface area contributed by atoms with Gasteiger partial charge in [0.25, 0.3) is 0 Å². The average Bonchev–Trinajstić information content (AvgIpc) is 3.20. The molecule has 1 N–H and O–H groups in total. The molecule has 0 radical (unpaired) electrons. The number of rotatable bonds is 7. The van der Waals surface area contributed by atoms with Gasteiger partial charge in [0.2, 0.25) is 5.91 Å². The molecule has 0 unspecified atom stereocenters. The van der Waals surface area contributed by atoms with Crippen LogP contribution < -0.4 is 5.32 Å². The summed E-state index contributed by atoms with van der Waals surface area (Å²) in [6.45, 7) is 3.67. The van der Waals surface area contributed by atoms with E-state index in [1.165, 1.54) is 62.2 Å². The lowest BCUT2D eigenvalue weighted by molar-refractivity contribution is -0.117. The molecule has 2 heterocycles. The molecule has 1 amide bonds. The monoisotopic (exact) mass is 353 g/mol. The standard InChI is InChI=1S/C17H27N3OS2/c21-15(12-14-6-2-1-3-7-14)19-17-18-13-16(23-17)22-11-10-20-8-4-5-9-20/h13-14H,1-12H2,(H,18,19,21). The molecule has 6 heteroatoms. The molecule has 128 valence electrons. The van der Waals surface area contributed by atoms with Crippen molar-refractivity contribution >= 4 is 34.1 Å². The summed E-state index contributed by atoms with van der Waals surface area (Å²) in [5.74, 6) is 1.83. The zero-order valence-corrected chi connectivity index (χ0v) is 15.4. The molecule has 2 aliphatic rings. The van der Waals surface area contributed by atoms with Crippen LogP contribution in [0, 0.1) is 5.92 Å². The Morgan fingerprint density at radius 3 is 2.83 bits per heavy atom. The zero-order chi connectivity index (χ0) is 15.9. The number of thioether (sulfide) groups is 1. The van der Waals surface area contributed by atoms with Crippen LogP contribution in [-0.2, 0) is 4.79 Å².